The van der Waals surface area contributed by atoms with Gasteiger partial charge in [0.2, 0.25) is 0 Å². The van der Waals surface area contributed by atoms with Crippen molar-refractivity contribution >= 4 is 23.3 Å². The van der Waals surface area contributed by atoms with E-state index in [-0.39, 0.29) is 6.03 Å². The molecule has 2 N–H and O–H groups in total. The Labute approximate surface area is 138 Å². The second kappa shape index (κ2) is 6.98. The number of rotatable bonds is 4. The van der Waals surface area contributed by atoms with E-state index >= 15 is 0 Å². The van der Waals surface area contributed by atoms with Gasteiger partial charge in [0.25, 0.3) is 0 Å². The highest BCUT2D eigenvalue weighted by Gasteiger charge is 2.06. The standard InChI is InChI=1S/C17H14ClN3O2/c18-13-4-1-2-5-14(13)21-17(22)20-11-12-7-8-19-15(10-12)16-6-3-9-23-16/h1-10H,11H2,(H2,20,21,22). The molecule has 0 aliphatic rings. The van der Waals surface area contributed by atoms with Gasteiger partial charge in [0.1, 0.15) is 5.69 Å². The van der Waals surface area contributed by atoms with Gasteiger partial charge >= 0.3 is 6.03 Å². The molecule has 5 nitrogen and oxygen atoms in total. The Kier molecular flexibility index (Phi) is 4.59. The zero-order valence-corrected chi connectivity index (χ0v) is 12.9. The fourth-order valence-corrected chi connectivity index (χ4v) is 2.24. The summed E-state index contributed by atoms with van der Waals surface area (Å²) in [4.78, 5) is 16.2. The average Bonchev–Trinajstić information content (AvgIpc) is 3.10. The number of hydrogen-bond donors (Lipinski definition) is 2. The van der Waals surface area contributed by atoms with Gasteiger partial charge in [-0.25, -0.2) is 4.79 Å². The predicted molar refractivity (Wildman–Crippen MR) is 89.2 cm³/mol. The number of pyridine rings is 1. The lowest BCUT2D eigenvalue weighted by atomic mass is 10.2. The summed E-state index contributed by atoms with van der Waals surface area (Å²) in [7, 11) is 0. The maximum absolute atomic E-state index is 11.9. The summed E-state index contributed by atoms with van der Waals surface area (Å²) in [6, 6.07) is 14.1. The van der Waals surface area contributed by atoms with E-state index in [4.69, 9.17) is 16.0 Å². The van der Waals surface area contributed by atoms with Gasteiger partial charge in [0.15, 0.2) is 5.76 Å². The Morgan fingerprint density at radius 1 is 1.17 bits per heavy atom. The van der Waals surface area contributed by atoms with Crippen molar-refractivity contribution in [3.05, 3.63) is 71.6 Å². The number of carbonyl (C=O) groups excluding carboxylic acids is 1. The van der Waals surface area contributed by atoms with Crippen molar-refractivity contribution in [1.29, 1.82) is 0 Å². The van der Waals surface area contributed by atoms with Crippen LogP contribution in [0.3, 0.4) is 0 Å². The molecule has 3 aromatic rings. The lowest BCUT2D eigenvalue weighted by Crippen LogP contribution is -2.28. The molecule has 0 atom stereocenters. The second-order valence-corrected chi connectivity index (χ2v) is 5.22. The van der Waals surface area contributed by atoms with Crippen LogP contribution in [0.5, 0.6) is 0 Å². The number of para-hydroxylation sites is 1. The van der Waals surface area contributed by atoms with Gasteiger partial charge in [0.05, 0.1) is 17.0 Å². The van der Waals surface area contributed by atoms with Gasteiger partial charge < -0.3 is 15.1 Å². The fraction of sp³-hybridized carbons (Fsp3) is 0.0588. The molecule has 2 aromatic heterocycles. The first-order valence-corrected chi connectivity index (χ1v) is 7.38. The van der Waals surface area contributed by atoms with Crippen molar-refractivity contribution in [3.63, 3.8) is 0 Å². The van der Waals surface area contributed by atoms with Gasteiger partial charge in [-0.2, -0.15) is 0 Å². The third-order valence-electron chi connectivity index (χ3n) is 3.17. The van der Waals surface area contributed by atoms with Crippen molar-refractivity contribution in [2.24, 2.45) is 0 Å². The number of anilines is 1. The van der Waals surface area contributed by atoms with Crippen LogP contribution in [0.15, 0.2) is 65.4 Å². The van der Waals surface area contributed by atoms with Gasteiger partial charge in [-0.3, -0.25) is 4.98 Å². The van der Waals surface area contributed by atoms with Crippen LogP contribution < -0.4 is 10.6 Å². The molecule has 0 unspecified atom stereocenters. The molecular formula is C17H14ClN3O2. The van der Waals surface area contributed by atoms with Crippen LogP contribution in [0.4, 0.5) is 10.5 Å². The smallest absolute Gasteiger partial charge is 0.319 e. The van der Waals surface area contributed by atoms with Crippen LogP contribution in [0.1, 0.15) is 5.56 Å². The first kappa shape index (κ1) is 15.1. The molecule has 2 heterocycles. The highest BCUT2D eigenvalue weighted by Crippen LogP contribution is 2.20. The summed E-state index contributed by atoms with van der Waals surface area (Å²) in [6.45, 7) is 0.368. The lowest BCUT2D eigenvalue weighted by molar-refractivity contribution is 0.251. The molecule has 3 rings (SSSR count). The predicted octanol–water partition coefficient (Wildman–Crippen LogP) is 4.32. The summed E-state index contributed by atoms with van der Waals surface area (Å²) >= 11 is 6.00. The summed E-state index contributed by atoms with van der Waals surface area (Å²) in [6.07, 6.45) is 3.28. The van der Waals surface area contributed by atoms with E-state index < -0.39 is 0 Å². The Bertz CT molecular complexity index is 803. The maximum atomic E-state index is 11.9. The monoisotopic (exact) mass is 327 g/mol. The SMILES string of the molecule is O=C(NCc1ccnc(-c2ccco2)c1)Nc1ccccc1Cl. The average molecular weight is 328 g/mol. The normalized spacial score (nSPS) is 10.3. The number of aromatic nitrogens is 1. The summed E-state index contributed by atoms with van der Waals surface area (Å²) < 4.78 is 5.32. The minimum atomic E-state index is -0.325. The van der Waals surface area contributed by atoms with Crippen LogP contribution in [-0.4, -0.2) is 11.0 Å². The number of hydrogen-bond acceptors (Lipinski definition) is 3. The molecule has 0 fully saturated rings. The highest BCUT2D eigenvalue weighted by molar-refractivity contribution is 6.33. The number of nitrogens with one attached hydrogen (secondary N) is 2. The first-order chi connectivity index (χ1) is 11.2. The minimum Gasteiger partial charge on any atom is -0.463 e. The number of amides is 2. The van der Waals surface area contributed by atoms with Crippen molar-refractivity contribution in [2.75, 3.05) is 5.32 Å². The summed E-state index contributed by atoms with van der Waals surface area (Å²) in [5.74, 6) is 0.687. The van der Waals surface area contributed by atoms with Gasteiger partial charge in [-0.15, -0.1) is 0 Å². The molecule has 0 saturated carbocycles. The van der Waals surface area contributed by atoms with E-state index in [0.717, 1.165) is 11.3 Å². The molecule has 0 radical (unpaired) electrons. The Hall–Kier alpha value is -2.79. The molecule has 2 amide bonds. The number of carbonyl (C=O) groups is 1. The van der Waals surface area contributed by atoms with Gasteiger partial charge in [-0.05, 0) is 42.0 Å². The van der Waals surface area contributed by atoms with Crippen molar-refractivity contribution in [3.8, 4) is 11.5 Å². The Morgan fingerprint density at radius 3 is 2.83 bits per heavy atom. The lowest BCUT2D eigenvalue weighted by Gasteiger charge is -2.09. The summed E-state index contributed by atoms with van der Waals surface area (Å²) in [5, 5.41) is 5.98. The van der Waals surface area contributed by atoms with E-state index in [0.29, 0.717) is 23.0 Å². The number of nitrogens with zero attached hydrogens (tertiary/aromatic N) is 1. The number of benzene rings is 1. The fourth-order valence-electron chi connectivity index (χ4n) is 2.05. The van der Waals surface area contributed by atoms with E-state index in [1.54, 1.807) is 42.8 Å². The van der Waals surface area contributed by atoms with Crippen LogP contribution in [0.2, 0.25) is 5.02 Å². The third-order valence-corrected chi connectivity index (χ3v) is 3.50. The van der Waals surface area contributed by atoms with E-state index in [1.165, 1.54) is 0 Å². The van der Waals surface area contributed by atoms with Gasteiger partial charge in [0, 0.05) is 12.7 Å². The van der Waals surface area contributed by atoms with E-state index in [9.17, 15) is 4.79 Å². The Morgan fingerprint density at radius 2 is 2.04 bits per heavy atom. The third kappa shape index (κ3) is 3.90. The molecule has 0 aliphatic carbocycles. The zero-order valence-electron chi connectivity index (χ0n) is 12.1. The first-order valence-electron chi connectivity index (χ1n) is 7.00. The van der Waals surface area contributed by atoms with Crippen molar-refractivity contribution in [2.45, 2.75) is 6.54 Å². The highest BCUT2D eigenvalue weighted by atomic mass is 35.5. The van der Waals surface area contributed by atoms with Crippen LogP contribution in [-0.2, 0) is 6.54 Å². The molecular weight excluding hydrogens is 314 g/mol. The van der Waals surface area contributed by atoms with Crippen molar-refractivity contribution < 1.29 is 9.21 Å². The second-order valence-electron chi connectivity index (χ2n) is 4.81. The molecule has 116 valence electrons. The van der Waals surface area contributed by atoms with Crippen LogP contribution in [0, 0.1) is 0 Å². The molecule has 0 bridgehead atoms. The Balaban J connectivity index is 1.61. The molecule has 6 heteroatoms. The molecule has 23 heavy (non-hydrogen) atoms. The number of furan rings is 1. The largest absolute Gasteiger partial charge is 0.463 e. The topological polar surface area (TPSA) is 67.2 Å². The quantitative estimate of drug-likeness (QED) is 0.750. The van der Waals surface area contributed by atoms with E-state index in [2.05, 4.69) is 15.6 Å². The molecule has 1 aromatic carbocycles. The van der Waals surface area contributed by atoms with Crippen LogP contribution in [0.25, 0.3) is 11.5 Å². The van der Waals surface area contributed by atoms with Crippen LogP contribution >= 0.6 is 11.6 Å². The van der Waals surface area contributed by atoms with Gasteiger partial charge in [-0.1, -0.05) is 23.7 Å². The number of urea groups is 1. The molecule has 0 saturated heterocycles. The summed E-state index contributed by atoms with van der Waals surface area (Å²) in [5.41, 5.74) is 2.21. The molecule has 0 spiro atoms. The maximum Gasteiger partial charge on any atom is 0.319 e. The molecule has 0 aliphatic heterocycles. The van der Waals surface area contributed by atoms with E-state index in [1.807, 2.05) is 18.2 Å². The number of halogens is 1. The minimum absolute atomic E-state index is 0.325. The zero-order chi connectivity index (χ0) is 16.1. The van der Waals surface area contributed by atoms with Crippen molar-refractivity contribution in [1.82, 2.24) is 10.3 Å².